The predicted octanol–water partition coefficient (Wildman–Crippen LogP) is -0.766. The number of carboxylic acid groups (broad SMARTS) is 2. The van der Waals surface area contributed by atoms with Crippen LogP contribution in [0.1, 0.15) is 19.8 Å². The first-order valence-corrected chi connectivity index (χ1v) is 3.85. The highest BCUT2D eigenvalue weighted by Gasteiger charge is 2.34. The molecular formula is C7H13NO5. The highest BCUT2D eigenvalue weighted by molar-refractivity contribution is 5.78. The molecule has 0 amide bonds. The summed E-state index contributed by atoms with van der Waals surface area (Å²) in [5.41, 5.74) is -2.13. The molecule has 0 saturated carbocycles. The van der Waals surface area contributed by atoms with Crippen LogP contribution in [0.15, 0.2) is 0 Å². The Bertz CT molecular complexity index is 205. The largest absolute Gasteiger partial charge is 0.480 e. The lowest BCUT2D eigenvalue weighted by Crippen LogP contribution is -2.53. The second-order valence-corrected chi connectivity index (χ2v) is 2.66. The van der Waals surface area contributed by atoms with Crippen molar-refractivity contribution in [1.82, 2.24) is 5.32 Å². The zero-order chi connectivity index (χ0) is 10.5. The lowest BCUT2D eigenvalue weighted by molar-refractivity contribution is -0.164. The lowest BCUT2D eigenvalue weighted by Gasteiger charge is -2.22. The third-order valence-electron chi connectivity index (χ3n) is 1.50. The van der Waals surface area contributed by atoms with Crippen molar-refractivity contribution in [1.29, 1.82) is 0 Å². The Morgan fingerprint density at radius 3 is 2.23 bits per heavy atom. The lowest BCUT2D eigenvalue weighted by atomic mass is 10.1. The standard InChI is InChI=1S/C7H13NO5/c1-2-3-7(13,6(11)12)8-4-5(9)10/h8,13H,2-4H2,1H3,(H,9,10)(H,11,12). The average Bonchev–Trinajstić information content (AvgIpc) is 2.01. The van der Waals surface area contributed by atoms with Crippen molar-refractivity contribution in [3.8, 4) is 0 Å². The van der Waals surface area contributed by atoms with Gasteiger partial charge in [-0.15, -0.1) is 0 Å². The molecule has 0 fully saturated rings. The van der Waals surface area contributed by atoms with Gasteiger partial charge in [-0.3, -0.25) is 10.1 Å². The summed E-state index contributed by atoms with van der Waals surface area (Å²) in [5, 5.41) is 28.2. The highest BCUT2D eigenvalue weighted by Crippen LogP contribution is 2.08. The number of nitrogens with one attached hydrogen (secondary N) is 1. The fraction of sp³-hybridized carbons (Fsp3) is 0.714. The van der Waals surface area contributed by atoms with E-state index >= 15 is 0 Å². The minimum Gasteiger partial charge on any atom is -0.480 e. The first kappa shape index (κ1) is 11.9. The van der Waals surface area contributed by atoms with Crippen LogP contribution < -0.4 is 5.32 Å². The Hall–Kier alpha value is -1.14. The van der Waals surface area contributed by atoms with Crippen LogP contribution in [-0.4, -0.2) is 39.5 Å². The van der Waals surface area contributed by atoms with Gasteiger partial charge in [0.2, 0.25) is 5.72 Å². The molecule has 0 bridgehead atoms. The number of aliphatic carboxylic acids is 2. The predicted molar refractivity (Wildman–Crippen MR) is 43.1 cm³/mol. The Morgan fingerprint density at radius 1 is 1.38 bits per heavy atom. The molecule has 0 aliphatic rings. The minimum absolute atomic E-state index is 0.0321. The molecule has 0 saturated heterocycles. The Kier molecular flexibility index (Phi) is 4.36. The zero-order valence-electron chi connectivity index (χ0n) is 7.28. The van der Waals surface area contributed by atoms with Gasteiger partial charge in [-0.05, 0) is 0 Å². The summed E-state index contributed by atoms with van der Waals surface area (Å²) in [4.78, 5) is 20.6. The SMILES string of the molecule is CCCC(O)(NCC(=O)O)C(=O)O. The molecule has 76 valence electrons. The normalized spacial score (nSPS) is 14.9. The van der Waals surface area contributed by atoms with Crippen LogP contribution in [0, 0.1) is 0 Å². The van der Waals surface area contributed by atoms with Crippen LogP contribution in [0.4, 0.5) is 0 Å². The monoisotopic (exact) mass is 191 g/mol. The molecule has 0 aromatic rings. The topological polar surface area (TPSA) is 107 Å². The van der Waals surface area contributed by atoms with Crippen molar-refractivity contribution in [2.24, 2.45) is 0 Å². The van der Waals surface area contributed by atoms with E-state index < -0.39 is 24.2 Å². The van der Waals surface area contributed by atoms with Crippen LogP contribution in [0.5, 0.6) is 0 Å². The molecule has 0 radical (unpaired) electrons. The van der Waals surface area contributed by atoms with Crippen molar-refractivity contribution in [3.63, 3.8) is 0 Å². The van der Waals surface area contributed by atoms with Gasteiger partial charge in [0.15, 0.2) is 0 Å². The third-order valence-corrected chi connectivity index (χ3v) is 1.50. The molecule has 0 spiro atoms. The molecule has 6 nitrogen and oxygen atoms in total. The summed E-state index contributed by atoms with van der Waals surface area (Å²) in [7, 11) is 0. The van der Waals surface area contributed by atoms with Crippen molar-refractivity contribution in [2.45, 2.75) is 25.5 Å². The fourth-order valence-corrected chi connectivity index (χ4v) is 0.855. The van der Waals surface area contributed by atoms with E-state index in [1.54, 1.807) is 6.92 Å². The molecule has 0 rings (SSSR count). The minimum atomic E-state index is -2.13. The molecule has 1 unspecified atom stereocenters. The Balaban J connectivity index is 4.24. The molecule has 13 heavy (non-hydrogen) atoms. The molecule has 0 aromatic carbocycles. The smallest absolute Gasteiger partial charge is 0.351 e. The first-order chi connectivity index (χ1) is 5.92. The highest BCUT2D eigenvalue weighted by atomic mass is 16.4. The van der Waals surface area contributed by atoms with E-state index in [9.17, 15) is 14.7 Å². The maximum atomic E-state index is 10.5. The van der Waals surface area contributed by atoms with E-state index in [2.05, 4.69) is 5.32 Å². The number of carbonyl (C=O) groups is 2. The van der Waals surface area contributed by atoms with Crippen molar-refractivity contribution in [2.75, 3.05) is 6.54 Å². The van der Waals surface area contributed by atoms with Crippen molar-refractivity contribution >= 4 is 11.9 Å². The molecule has 6 heteroatoms. The second-order valence-electron chi connectivity index (χ2n) is 2.66. The van der Waals surface area contributed by atoms with Crippen LogP contribution in [0.25, 0.3) is 0 Å². The van der Waals surface area contributed by atoms with Gasteiger partial charge in [-0.2, -0.15) is 0 Å². The quantitative estimate of drug-likeness (QED) is 0.411. The van der Waals surface area contributed by atoms with Crippen LogP contribution in [0.3, 0.4) is 0 Å². The summed E-state index contributed by atoms with van der Waals surface area (Å²) in [6, 6.07) is 0. The van der Waals surface area contributed by atoms with Crippen molar-refractivity contribution < 1.29 is 24.9 Å². The van der Waals surface area contributed by atoms with E-state index in [4.69, 9.17) is 10.2 Å². The maximum Gasteiger partial charge on any atom is 0.351 e. The van der Waals surface area contributed by atoms with E-state index in [1.807, 2.05) is 0 Å². The first-order valence-electron chi connectivity index (χ1n) is 3.85. The molecule has 0 aliphatic carbocycles. The van der Waals surface area contributed by atoms with E-state index in [0.29, 0.717) is 6.42 Å². The van der Waals surface area contributed by atoms with E-state index in [-0.39, 0.29) is 6.42 Å². The van der Waals surface area contributed by atoms with E-state index in [0.717, 1.165) is 0 Å². The van der Waals surface area contributed by atoms with Gasteiger partial charge in [0.1, 0.15) is 0 Å². The Labute approximate surface area is 75.2 Å². The average molecular weight is 191 g/mol. The maximum absolute atomic E-state index is 10.5. The molecule has 0 aromatic heterocycles. The summed E-state index contributed by atoms with van der Waals surface area (Å²) >= 11 is 0. The van der Waals surface area contributed by atoms with Gasteiger partial charge in [0, 0.05) is 6.42 Å². The van der Waals surface area contributed by atoms with Gasteiger partial charge >= 0.3 is 11.9 Å². The van der Waals surface area contributed by atoms with Gasteiger partial charge in [0.25, 0.3) is 0 Å². The van der Waals surface area contributed by atoms with Gasteiger partial charge in [-0.1, -0.05) is 13.3 Å². The van der Waals surface area contributed by atoms with Crippen molar-refractivity contribution in [3.05, 3.63) is 0 Å². The number of hydrogen-bond donors (Lipinski definition) is 4. The zero-order valence-corrected chi connectivity index (χ0v) is 7.28. The third kappa shape index (κ3) is 3.86. The summed E-state index contributed by atoms with van der Waals surface area (Å²) in [5.74, 6) is -2.67. The number of rotatable bonds is 6. The fourth-order valence-electron chi connectivity index (χ4n) is 0.855. The molecule has 1 atom stereocenters. The summed E-state index contributed by atoms with van der Waals surface area (Å²) in [6.07, 6.45) is 0.408. The number of carboxylic acids is 2. The van der Waals surface area contributed by atoms with Gasteiger partial charge in [0.05, 0.1) is 6.54 Å². The van der Waals surface area contributed by atoms with Gasteiger partial charge in [-0.25, -0.2) is 4.79 Å². The summed E-state index contributed by atoms with van der Waals surface area (Å²) in [6.45, 7) is 1.11. The van der Waals surface area contributed by atoms with E-state index in [1.165, 1.54) is 0 Å². The van der Waals surface area contributed by atoms with Crippen LogP contribution in [0.2, 0.25) is 0 Å². The molecule has 0 heterocycles. The number of aliphatic hydroxyl groups is 1. The van der Waals surface area contributed by atoms with Gasteiger partial charge < -0.3 is 15.3 Å². The Morgan fingerprint density at radius 2 is 1.92 bits per heavy atom. The molecular weight excluding hydrogens is 178 g/mol. The summed E-state index contributed by atoms with van der Waals surface area (Å²) < 4.78 is 0. The molecule has 4 N–H and O–H groups in total. The van der Waals surface area contributed by atoms with Crippen LogP contribution >= 0.6 is 0 Å². The van der Waals surface area contributed by atoms with Crippen LogP contribution in [-0.2, 0) is 9.59 Å². The molecule has 0 aliphatic heterocycles. The second kappa shape index (κ2) is 4.78. The number of hydrogen-bond acceptors (Lipinski definition) is 4.